The highest BCUT2D eigenvalue weighted by molar-refractivity contribution is 6.49. The lowest BCUT2D eigenvalue weighted by atomic mass is 9.72. The summed E-state index contributed by atoms with van der Waals surface area (Å²) in [6, 6.07) is 6.43. The van der Waals surface area contributed by atoms with Crippen LogP contribution in [-0.2, 0) is 26.8 Å². The van der Waals surface area contributed by atoms with Crippen LogP contribution < -0.4 is 4.74 Å². The maximum atomic E-state index is 6.45. The van der Waals surface area contributed by atoms with E-state index in [4.69, 9.17) is 18.7 Å². The first-order chi connectivity index (χ1) is 15.4. The molecule has 1 aromatic rings. The predicted molar refractivity (Wildman–Crippen MR) is 131 cm³/mol. The lowest BCUT2D eigenvalue weighted by molar-refractivity contribution is 0.134. The molecule has 0 spiro atoms. The van der Waals surface area contributed by atoms with Gasteiger partial charge in [-0.15, -0.1) is 0 Å². The molecule has 2 heterocycles. The molecule has 0 saturated carbocycles. The Hall–Kier alpha value is -1.01. The molecule has 7 heteroatoms. The Morgan fingerprint density at radius 1 is 1.00 bits per heavy atom. The summed E-state index contributed by atoms with van der Waals surface area (Å²) in [5.41, 5.74) is 2.73. The zero-order valence-electron chi connectivity index (χ0n) is 20.8. The first kappa shape index (κ1) is 24.1. The van der Waals surface area contributed by atoms with Crippen molar-refractivity contribution in [3.8, 4) is 5.75 Å². The molecular formula is C25H41B2NO4. The van der Waals surface area contributed by atoms with Gasteiger partial charge >= 0.3 is 14.2 Å². The van der Waals surface area contributed by atoms with Crippen molar-refractivity contribution in [2.75, 3.05) is 13.2 Å². The molecule has 2 fully saturated rings. The first-order valence-electron chi connectivity index (χ1n) is 12.9. The Morgan fingerprint density at radius 2 is 1.72 bits per heavy atom. The summed E-state index contributed by atoms with van der Waals surface area (Å²) in [4.78, 5) is 2.50. The molecule has 32 heavy (non-hydrogen) atoms. The van der Waals surface area contributed by atoms with Crippen molar-refractivity contribution >= 4 is 14.2 Å². The zero-order chi connectivity index (χ0) is 22.7. The summed E-state index contributed by atoms with van der Waals surface area (Å²) < 4.78 is 25.3. The Bertz CT molecular complexity index is 756. The minimum Gasteiger partial charge on any atom is -0.491 e. The van der Waals surface area contributed by atoms with E-state index in [-0.39, 0.29) is 38.0 Å². The van der Waals surface area contributed by atoms with Crippen LogP contribution in [0.2, 0.25) is 12.6 Å². The van der Waals surface area contributed by atoms with Crippen LogP contribution in [0.4, 0.5) is 0 Å². The molecule has 0 N–H and O–H groups in total. The van der Waals surface area contributed by atoms with Gasteiger partial charge in [0, 0.05) is 24.1 Å². The van der Waals surface area contributed by atoms with E-state index >= 15 is 0 Å². The minimum absolute atomic E-state index is 0.0426. The molecular weight excluding hydrogens is 400 g/mol. The molecule has 5 nitrogen and oxygen atoms in total. The van der Waals surface area contributed by atoms with Crippen LogP contribution in [0.15, 0.2) is 18.2 Å². The van der Waals surface area contributed by atoms with E-state index in [0.29, 0.717) is 6.61 Å². The molecule has 0 radical (unpaired) electrons. The van der Waals surface area contributed by atoms with Crippen molar-refractivity contribution in [3.05, 3.63) is 29.3 Å². The summed E-state index contributed by atoms with van der Waals surface area (Å²) in [6.45, 7) is 12.8. The highest BCUT2D eigenvalue weighted by Gasteiger charge is 2.44. The third-order valence-corrected chi connectivity index (χ3v) is 7.11. The number of hydrogen-bond donors (Lipinski definition) is 0. The summed E-state index contributed by atoms with van der Waals surface area (Å²) in [6.07, 6.45) is 9.01. The first-order valence-corrected chi connectivity index (χ1v) is 12.9. The number of fused-ring (bicyclic) bond motifs is 2. The van der Waals surface area contributed by atoms with Crippen molar-refractivity contribution in [2.45, 2.75) is 110 Å². The molecule has 1 aromatic carbocycles. The van der Waals surface area contributed by atoms with E-state index in [2.05, 4.69) is 57.6 Å². The van der Waals surface area contributed by atoms with Gasteiger partial charge in [0.25, 0.3) is 0 Å². The smallest absolute Gasteiger partial charge is 0.457 e. The molecule has 0 bridgehead atoms. The van der Waals surface area contributed by atoms with Gasteiger partial charge in [-0.25, -0.2) is 0 Å². The normalized spacial score (nSPS) is 25.8. The number of ether oxygens (including phenoxy) is 1. The summed E-state index contributed by atoms with van der Waals surface area (Å²) in [7, 11) is 0.150. The van der Waals surface area contributed by atoms with Crippen molar-refractivity contribution in [3.63, 3.8) is 0 Å². The average Bonchev–Trinajstić information content (AvgIpc) is 3.36. The molecule has 2 saturated heterocycles. The Labute approximate surface area is 195 Å². The zero-order valence-corrected chi connectivity index (χ0v) is 20.8. The van der Waals surface area contributed by atoms with Crippen LogP contribution in [0.5, 0.6) is 5.75 Å². The standard InChI is InChI=1S/C25H41B2NO4/c1-6-8-13-26-28(25(3,4)5)17-20(30-26)18-29-22-12-10-11-19-15-23-24(16-21(19)22)32-27(31-23)14-9-7-2/h10-12,20,23-24H,6-9,13-18H2,1-5H3. The van der Waals surface area contributed by atoms with Crippen LogP contribution in [0.3, 0.4) is 0 Å². The molecule has 0 aromatic heterocycles. The molecule has 2 aliphatic heterocycles. The summed E-state index contributed by atoms with van der Waals surface area (Å²) in [5.74, 6) is 0.990. The fraction of sp³-hybridized carbons (Fsp3) is 0.760. The molecule has 3 unspecified atom stereocenters. The third-order valence-electron chi connectivity index (χ3n) is 7.11. The van der Waals surface area contributed by atoms with E-state index in [1.165, 1.54) is 30.4 Å². The number of benzene rings is 1. The van der Waals surface area contributed by atoms with Gasteiger partial charge < -0.3 is 23.5 Å². The second-order valence-electron chi connectivity index (χ2n) is 10.7. The SMILES string of the molecule is CCCCB1OC2Cc3cccc(OCC4CN(C(C)(C)C)B(CCCC)O4)c3CC2O1. The lowest BCUT2D eigenvalue weighted by Gasteiger charge is -2.34. The van der Waals surface area contributed by atoms with Crippen LogP contribution in [0.1, 0.15) is 71.4 Å². The average molecular weight is 441 g/mol. The largest absolute Gasteiger partial charge is 0.491 e. The quantitative estimate of drug-likeness (QED) is 0.504. The Kier molecular flexibility index (Phi) is 7.92. The van der Waals surface area contributed by atoms with Crippen LogP contribution in [0, 0.1) is 0 Å². The molecule has 3 atom stereocenters. The van der Waals surface area contributed by atoms with E-state index in [0.717, 1.165) is 44.2 Å². The van der Waals surface area contributed by atoms with E-state index < -0.39 is 0 Å². The lowest BCUT2D eigenvalue weighted by Crippen LogP contribution is -2.47. The van der Waals surface area contributed by atoms with Gasteiger partial charge in [0.15, 0.2) is 0 Å². The van der Waals surface area contributed by atoms with Gasteiger partial charge in [-0.2, -0.15) is 0 Å². The number of hydrogen-bond acceptors (Lipinski definition) is 5. The van der Waals surface area contributed by atoms with Crippen molar-refractivity contribution < 1.29 is 18.7 Å². The second-order valence-corrected chi connectivity index (χ2v) is 10.7. The van der Waals surface area contributed by atoms with E-state index in [1.54, 1.807) is 0 Å². The minimum atomic E-state index is -0.0426. The number of rotatable bonds is 9. The number of unbranched alkanes of at least 4 members (excludes halogenated alkanes) is 2. The van der Waals surface area contributed by atoms with Crippen LogP contribution in [-0.4, -0.2) is 56.0 Å². The maximum absolute atomic E-state index is 6.45. The molecule has 1 aliphatic carbocycles. The van der Waals surface area contributed by atoms with E-state index in [1.807, 2.05) is 0 Å². The molecule has 176 valence electrons. The molecule has 4 rings (SSSR count). The van der Waals surface area contributed by atoms with Gasteiger partial charge in [0.1, 0.15) is 12.4 Å². The van der Waals surface area contributed by atoms with E-state index in [9.17, 15) is 0 Å². The highest BCUT2D eigenvalue weighted by atomic mass is 16.7. The third kappa shape index (κ3) is 5.55. The Balaban J connectivity index is 1.37. The fourth-order valence-corrected chi connectivity index (χ4v) is 5.31. The highest BCUT2D eigenvalue weighted by Crippen LogP contribution is 2.36. The van der Waals surface area contributed by atoms with Crippen molar-refractivity contribution in [2.24, 2.45) is 0 Å². The summed E-state index contributed by atoms with van der Waals surface area (Å²) >= 11 is 0. The fourth-order valence-electron chi connectivity index (χ4n) is 5.31. The summed E-state index contributed by atoms with van der Waals surface area (Å²) in [5, 5.41) is 0. The monoisotopic (exact) mass is 441 g/mol. The second kappa shape index (κ2) is 10.5. The van der Waals surface area contributed by atoms with Gasteiger partial charge in [-0.3, -0.25) is 0 Å². The maximum Gasteiger partial charge on any atom is 0.457 e. The predicted octanol–water partition coefficient (Wildman–Crippen LogP) is 5.02. The van der Waals surface area contributed by atoms with Gasteiger partial charge in [0.05, 0.1) is 18.3 Å². The molecule has 0 amide bonds. The molecule has 3 aliphatic rings. The van der Waals surface area contributed by atoms with Crippen LogP contribution in [0.25, 0.3) is 0 Å². The number of nitrogens with zero attached hydrogens (tertiary/aromatic N) is 1. The van der Waals surface area contributed by atoms with Crippen molar-refractivity contribution in [1.82, 2.24) is 4.81 Å². The Morgan fingerprint density at radius 3 is 2.44 bits per heavy atom. The topological polar surface area (TPSA) is 40.2 Å². The van der Waals surface area contributed by atoms with Gasteiger partial charge in [-0.05, 0) is 51.5 Å². The van der Waals surface area contributed by atoms with Crippen LogP contribution >= 0.6 is 0 Å². The van der Waals surface area contributed by atoms with Crippen molar-refractivity contribution in [1.29, 1.82) is 0 Å². The van der Waals surface area contributed by atoms with Gasteiger partial charge in [0.2, 0.25) is 0 Å². The van der Waals surface area contributed by atoms with Gasteiger partial charge in [-0.1, -0.05) is 51.7 Å².